The Hall–Kier alpha value is -3.45. The molecule has 0 radical (unpaired) electrons. The highest BCUT2D eigenvalue weighted by molar-refractivity contribution is 5.96. The second kappa shape index (κ2) is 7.62. The Labute approximate surface area is 152 Å². The van der Waals surface area contributed by atoms with Crippen LogP contribution in [0, 0.1) is 11.3 Å². The average molecular weight is 345 g/mol. The van der Waals surface area contributed by atoms with Gasteiger partial charge in [0.1, 0.15) is 0 Å². The molecular weight excluding hydrogens is 326 g/mol. The summed E-state index contributed by atoms with van der Waals surface area (Å²) in [6, 6.07) is 17.7. The molecule has 0 amide bonds. The van der Waals surface area contributed by atoms with Gasteiger partial charge in [-0.05, 0) is 34.7 Å². The number of ether oxygens (including phenoxy) is 3. The van der Waals surface area contributed by atoms with Crippen LogP contribution in [0.25, 0.3) is 22.9 Å². The standard InChI is InChI=1S/C22H19NO3/c1-24-20-12-15(13-21(25-2)22(20)26-3)8-9-16-10-11-17(14-23)19-7-5-4-6-18(16)19/h4-13H,1-3H3. The summed E-state index contributed by atoms with van der Waals surface area (Å²) in [5, 5.41) is 11.3. The maximum Gasteiger partial charge on any atom is 0.203 e. The number of hydrogen-bond acceptors (Lipinski definition) is 4. The van der Waals surface area contributed by atoms with Crippen LogP contribution >= 0.6 is 0 Å². The Morgan fingerprint density at radius 3 is 2.04 bits per heavy atom. The molecular formula is C22H19NO3. The number of nitrogens with zero attached hydrogens (tertiary/aromatic N) is 1. The lowest BCUT2D eigenvalue weighted by molar-refractivity contribution is 0.324. The molecule has 0 saturated carbocycles. The molecule has 0 aliphatic carbocycles. The monoisotopic (exact) mass is 345 g/mol. The van der Waals surface area contributed by atoms with Crippen LogP contribution in [0.5, 0.6) is 17.2 Å². The molecule has 0 N–H and O–H groups in total. The summed E-state index contributed by atoms with van der Waals surface area (Å²) in [5.74, 6) is 1.78. The molecule has 26 heavy (non-hydrogen) atoms. The van der Waals surface area contributed by atoms with Gasteiger partial charge in [-0.1, -0.05) is 42.5 Å². The molecule has 0 heterocycles. The average Bonchev–Trinajstić information content (AvgIpc) is 2.70. The van der Waals surface area contributed by atoms with Crippen LogP contribution in [-0.4, -0.2) is 21.3 Å². The minimum Gasteiger partial charge on any atom is -0.493 e. The minimum absolute atomic E-state index is 0.566. The maximum absolute atomic E-state index is 9.29. The summed E-state index contributed by atoms with van der Waals surface area (Å²) in [5.41, 5.74) is 2.63. The SMILES string of the molecule is COc1cc(C=Cc2ccc(C#N)c3ccccc23)cc(OC)c1OC. The van der Waals surface area contributed by atoms with E-state index < -0.39 is 0 Å². The number of methoxy groups -OCH3 is 3. The second-order valence-electron chi connectivity index (χ2n) is 5.65. The first-order chi connectivity index (χ1) is 12.7. The Morgan fingerprint density at radius 1 is 0.808 bits per heavy atom. The lowest BCUT2D eigenvalue weighted by atomic mass is 9.99. The van der Waals surface area contributed by atoms with Gasteiger partial charge >= 0.3 is 0 Å². The highest BCUT2D eigenvalue weighted by Crippen LogP contribution is 2.38. The molecule has 0 aromatic heterocycles. The third-order valence-corrected chi connectivity index (χ3v) is 4.22. The zero-order chi connectivity index (χ0) is 18.5. The molecule has 4 nitrogen and oxygen atoms in total. The topological polar surface area (TPSA) is 51.5 Å². The van der Waals surface area contributed by atoms with Gasteiger partial charge in [-0.25, -0.2) is 0 Å². The Bertz CT molecular complexity index is 991. The van der Waals surface area contributed by atoms with Crippen molar-refractivity contribution in [3.8, 4) is 23.3 Å². The van der Waals surface area contributed by atoms with Crippen molar-refractivity contribution in [3.63, 3.8) is 0 Å². The fourth-order valence-electron chi connectivity index (χ4n) is 2.95. The molecule has 0 aliphatic rings. The summed E-state index contributed by atoms with van der Waals surface area (Å²) in [7, 11) is 4.77. The quantitative estimate of drug-likeness (QED) is 0.617. The van der Waals surface area contributed by atoms with Crippen LogP contribution in [0.4, 0.5) is 0 Å². The van der Waals surface area contributed by atoms with Crippen molar-refractivity contribution in [1.29, 1.82) is 5.26 Å². The van der Waals surface area contributed by atoms with E-state index in [0.29, 0.717) is 22.8 Å². The van der Waals surface area contributed by atoms with Crippen LogP contribution in [0.2, 0.25) is 0 Å². The van der Waals surface area contributed by atoms with E-state index in [2.05, 4.69) is 6.07 Å². The van der Waals surface area contributed by atoms with Crippen LogP contribution in [0.15, 0.2) is 48.5 Å². The number of nitriles is 1. The van der Waals surface area contributed by atoms with Gasteiger partial charge < -0.3 is 14.2 Å². The molecule has 0 atom stereocenters. The molecule has 3 aromatic rings. The molecule has 3 rings (SSSR count). The Kier molecular flexibility index (Phi) is 5.09. The van der Waals surface area contributed by atoms with Gasteiger partial charge in [0.15, 0.2) is 11.5 Å². The fourth-order valence-corrected chi connectivity index (χ4v) is 2.95. The summed E-state index contributed by atoms with van der Waals surface area (Å²) >= 11 is 0. The molecule has 0 bridgehead atoms. The van der Waals surface area contributed by atoms with E-state index in [1.807, 2.05) is 60.7 Å². The van der Waals surface area contributed by atoms with Gasteiger partial charge in [0.25, 0.3) is 0 Å². The molecule has 130 valence electrons. The summed E-state index contributed by atoms with van der Waals surface area (Å²) in [6.45, 7) is 0. The number of benzene rings is 3. The fraction of sp³-hybridized carbons (Fsp3) is 0.136. The van der Waals surface area contributed by atoms with E-state index >= 15 is 0 Å². The molecule has 0 saturated heterocycles. The van der Waals surface area contributed by atoms with E-state index in [1.54, 1.807) is 21.3 Å². The summed E-state index contributed by atoms with van der Waals surface area (Å²) < 4.78 is 16.1. The Morgan fingerprint density at radius 2 is 1.46 bits per heavy atom. The van der Waals surface area contributed by atoms with E-state index in [4.69, 9.17) is 14.2 Å². The van der Waals surface area contributed by atoms with Crippen LogP contribution in [0.3, 0.4) is 0 Å². The zero-order valence-corrected chi connectivity index (χ0v) is 14.9. The van der Waals surface area contributed by atoms with Gasteiger partial charge in [-0.15, -0.1) is 0 Å². The first kappa shape index (κ1) is 17.4. The van der Waals surface area contributed by atoms with E-state index in [0.717, 1.165) is 21.9 Å². The lowest BCUT2D eigenvalue weighted by Gasteiger charge is -2.13. The van der Waals surface area contributed by atoms with Crippen molar-refractivity contribution in [3.05, 3.63) is 65.2 Å². The predicted octanol–water partition coefficient (Wildman–Crippen LogP) is 4.91. The van der Waals surface area contributed by atoms with Crippen molar-refractivity contribution in [1.82, 2.24) is 0 Å². The van der Waals surface area contributed by atoms with Crippen LogP contribution < -0.4 is 14.2 Å². The molecule has 4 heteroatoms. The highest BCUT2D eigenvalue weighted by Gasteiger charge is 2.12. The van der Waals surface area contributed by atoms with E-state index in [9.17, 15) is 5.26 Å². The van der Waals surface area contributed by atoms with Crippen molar-refractivity contribution < 1.29 is 14.2 Å². The van der Waals surface area contributed by atoms with Gasteiger partial charge in [0.05, 0.1) is 33.0 Å². The van der Waals surface area contributed by atoms with Crippen molar-refractivity contribution in [2.45, 2.75) is 0 Å². The first-order valence-corrected chi connectivity index (χ1v) is 8.11. The van der Waals surface area contributed by atoms with Crippen molar-refractivity contribution in [2.75, 3.05) is 21.3 Å². The minimum atomic E-state index is 0.566. The molecule has 0 spiro atoms. The lowest BCUT2D eigenvalue weighted by Crippen LogP contribution is -1.95. The third kappa shape index (κ3) is 3.20. The molecule has 0 aliphatic heterocycles. The Balaban J connectivity index is 2.06. The van der Waals surface area contributed by atoms with Gasteiger partial charge in [0, 0.05) is 5.39 Å². The smallest absolute Gasteiger partial charge is 0.203 e. The van der Waals surface area contributed by atoms with Gasteiger partial charge in [0.2, 0.25) is 5.75 Å². The normalized spacial score (nSPS) is 10.7. The van der Waals surface area contributed by atoms with E-state index in [1.165, 1.54) is 0 Å². The predicted molar refractivity (Wildman–Crippen MR) is 104 cm³/mol. The van der Waals surface area contributed by atoms with Gasteiger partial charge in [-0.2, -0.15) is 5.26 Å². The molecule has 0 fully saturated rings. The van der Waals surface area contributed by atoms with Gasteiger partial charge in [-0.3, -0.25) is 0 Å². The third-order valence-electron chi connectivity index (χ3n) is 4.22. The summed E-state index contributed by atoms with van der Waals surface area (Å²) in [6.07, 6.45) is 4.00. The molecule has 3 aromatic carbocycles. The number of fused-ring (bicyclic) bond motifs is 1. The number of hydrogen-bond donors (Lipinski definition) is 0. The largest absolute Gasteiger partial charge is 0.493 e. The second-order valence-corrected chi connectivity index (χ2v) is 5.65. The van der Waals surface area contributed by atoms with Crippen LogP contribution in [0.1, 0.15) is 16.7 Å². The highest BCUT2D eigenvalue weighted by atomic mass is 16.5. The maximum atomic E-state index is 9.29. The zero-order valence-electron chi connectivity index (χ0n) is 14.9. The van der Waals surface area contributed by atoms with Crippen LogP contribution in [-0.2, 0) is 0 Å². The van der Waals surface area contributed by atoms with E-state index in [-0.39, 0.29) is 0 Å². The van der Waals surface area contributed by atoms with Crippen molar-refractivity contribution in [2.24, 2.45) is 0 Å². The first-order valence-electron chi connectivity index (χ1n) is 8.11. The van der Waals surface area contributed by atoms with Crippen molar-refractivity contribution >= 4 is 22.9 Å². The molecule has 0 unspecified atom stereocenters. The summed E-state index contributed by atoms with van der Waals surface area (Å²) in [4.78, 5) is 0. The number of rotatable bonds is 5.